The first-order valence-corrected chi connectivity index (χ1v) is 12.0. The van der Waals surface area contributed by atoms with Crippen LogP contribution in [-0.4, -0.2) is 30.4 Å². The molecule has 4 N–H and O–H groups in total. The molecule has 8 heteroatoms. The van der Waals surface area contributed by atoms with E-state index in [2.05, 4.69) is 51.7 Å². The van der Waals surface area contributed by atoms with E-state index in [1.807, 2.05) is 10.6 Å². The molecular formula is C25H23N5O2S. The van der Waals surface area contributed by atoms with E-state index in [9.17, 15) is 9.90 Å². The number of aromatic nitrogens is 4. The second-order valence-electron chi connectivity index (χ2n) is 8.67. The summed E-state index contributed by atoms with van der Waals surface area (Å²) in [5.74, 6) is 0.589. The number of aliphatic carboxylic acids is 1. The maximum atomic E-state index is 11.4. The van der Waals surface area contributed by atoms with Crippen molar-refractivity contribution in [1.29, 1.82) is 0 Å². The number of carboxylic acid groups (broad SMARTS) is 1. The number of aromatic amines is 1. The third-order valence-electron chi connectivity index (χ3n) is 6.75. The molecule has 1 fully saturated rings. The average molecular weight is 458 g/mol. The second-order valence-corrected chi connectivity index (χ2v) is 9.61. The molecule has 1 aromatic carbocycles. The standard InChI is InChI=1S/C25H23N5O2S/c26-23-22-21(18-13-16-3-1-4-17(20(16)28-18)19-5-2-12-33-19)29-24(30(22)11-10-27-23)14-6-8-15(9-7-14)25(31)32/h1-5,10-15,28H,6-9H2,(H2,26,27)(H,31,32)/t14-,15-. The van der Waals surface area contributed by atoms with Crippen LogP contribution in [0.1, 0.15) is 37.4 Å². The van der Waals surface area contributed by atoms with Gasteiger partial charge in [-0.2, -0.15) is 0 Å². The fraction of sp³-hybridized carbons (Fsp3) is 0.240. The number of carbonyl (C=O) groups is 1. The minimum Gasteiger partial charge on any atom is -0.481 e. The van der Waals surface area contributed by atoms with Crippen molar-refractivity contribution < 1.29 is 9.90 Å². The maximum absolute atomic E-state index is 11.4. The van der Waals surface area contributed by atoms with Crippen LogP contribution in [0.15, 0.2) is 54.2 Å². The van der Waals surface area contributed by atoms with Crippen molar-refractivity contribution in [3.05, 3.63) is 60.0 Å². The van der Waals surface area contributed by atoms with Gasteiger partial charge >= 0.3 is 5.97 Å². The minimum absolute atomic E-state index is 0.190. The van der Waals surface area contributed by atoms with Crippen molar-refractivity contribution in [1.82, 2.24) is 19.4 Å². The van der Waals surface area contributed by atoms with Gasteiger partial charge in [0.05, 0.1) is 17.1 Å². The molecule has 0 unspecified atom stereocenters. The highest BCUT2D eigenvalue weighted by Gasteiger charge is 2.30. The van der Waals surface area contributed by atoms with Crippen molar-refractivity contribution in [2.45, 2.75) is 31.6 Å². The Morgan fingerprint density at radius 1 is 1.18 bits per heavy atom. The summed E-state index contributed by atoms with van der Waals surface area (Å²) in [4.78, 5) is 25.6. The third-order valence-corrected chi connectivity index (χ3v) is 7.65. The number of para-hydroxylation sites is 1. The number of fused-ring (bicyclic) bond motifs is 2. The Bertz CT molecular complexity index is 1480. The van der Waals surface area contributed by atoms with Gasteiger partial charge in [0.2, 0.25) is 0 Å². The van der Waals surface area contributed by atoms with Crippen LogP contribution in [0.2, 0.25) is 0 Å². The van der Waals surface area contributed by atoms with Gasteiger partial charge in [-0.3, -0.25) is 9.20 Å². The highest BCUT2D eigenvalue weighted by atomic mass is 32.1. The molecule has 5 aromatic rings. The molecular weight excluding hydrogens is 434 g/mol. The van der Waals surface area contributed by atoms with Crippen molar-refractivity contribution in [2.75, 3.05) is 5.73 Å². The Labute approximate surface area is 193 Å². The van der Waals surface area contributed by atoms with Crippen molar-refractivity contribution in [3.8, 4) is 21.8 Å². The van der Waals surface area contributed by atoms with E-state index in [1.165, 1.54) is 4.88 Å². The molecule has 0 amide bonds. The van der Waals surface area contributed by atoms with E-state index in [1.54, 1.807) is 17.5 Å². The molecule has 4 aromatic heterocycles. The average Bonchev–Trinajstić information content (AvgIpc) is 3.57. The number of H-pyrrole nitrogens is 1. The molecule has 4 heterocycles. The van der Waals surface area contributed by atoms with Crippen LogP contribution in [-0.2, 0) is 4.79 Å². The Balaban J connectivity index is 1.48. The number of hydrogen-bond acceptors (Lipinski definition) is 5. The second kappa shape index (κ2) is 7.74. The molecule has 0 bridgehead atoms. The Morgan fingerprint density at radius 3 is 2.79 bits per heavy atom. The third kappa shape index (κ3) is 3.29. The first-order valence-electron chi connectivity index (χ1n) is 11.1. The van der Waals surface area contributed by atoms with E-state index < -0.39 is 5.97 Å². The van der Waals surface area contributed by atoms with Crippen LogP contribution in [0.25, 0.3) is 38.2 Å². The number of anilines is 1. The van der Waals surface area contributed by atoms with Gasteiger partial charge in [-0.1, -0.05) is 24.3 Å². The van der Waals surface area contributed by atoms with Crippen LogP contribution in [0, 0.1) is 5.92 Å². The number of carboxylic acids is 1. The fourth-order valence-electron chi connectivity index (χ4n) is 5.08. The molecule has 0 aliphatic heterocycles. The molecule has 166 valence electrons. The lowest BCUT2D eigenvalue weighted by atomic mass is 9.81. The smallest absolute Gasteiger partial charge is 0.306 e. The number of thiophene rings is 1. The highest BCUT2D eigenvalue weighted by molar-refractivity contribution is 7.13. The molecule has 0 atom stereocenters. The van der Waals surface area contributed by atoms with E-state index in [0.29, 0.717) is 18.7 Å². The van der Waals surface area contributed by atoms with Gasteiger partial charge in [-0.05, 0) is 43.2 Å². The molecule has 0 saturated heterocycles. The molecule has 7 nitrogen and oxygen atoms in total. The Morgan fingerprint density at radius 2 is 2.03 bits per heavy atom. The predicted molar refractivity (Wildman–Crippen MR) is 130 cm³/mol. The zero-order valence-corrected chi connectivity index (χ0v) is 18.7. The number of nitrogen functional groups attached to an aromatic ring is 1. The summed E-state index contributed by atoms with van der Waals surface area (Å²) in [6.45, 7) is 0. The Kier molecular flexibility index (Phi) is 4.69. The molecule has 0 radical (unpaired) electrons. The number of nitrogens with two attached hydrogens (primary N) is 1. The molecule has 6 rings (SSSR count). The van der Waals surface area contributed by atoms with Gasteiger partial charge in [-0.15, -0.1) is 11.3 Å². The lowest BCUT2D eigenvalue weighted by molar-refractivity contribution is -0.142. The van der Waals surface area contributed by atoms with E-state index in [-0.39, 0.29) is 11.8 Å². The van der Waals surface area contributed by atoms with Gasteiger partial charge in [0.15, 0.2) is 0 Å². The topological polar surface area (TPSA) is 109 Å². The zero-order valence-electron chi connectivity index (χ0n) is 17.9. The first kappa shape index (κ1) is 20.0. The zero-order chi connectivity index (χ0) is 22.5. The largest absolute Gasteiger partial charge is 0.481 e. The number of hydrogen-bond donors (Lipinski definition) is 3. The molecule has 33 heavy (non-hydrogen) atoms. The van der Waals surface area contributed by atoms with Crippen LogP contribution in [0.4, 0.5) is 5.82 Å². The predicted octanol–water partition coefficient (Wildman–Crippen LogP) is 5.55. The summed E-state index contributed by atoms with van der Waals surface area (Å²) in [5, 5.41) is 12.6. The summed E-state index contributed by atoms with van der Waals surface area (Å²) >= 11 is 1.71. The minimum atomic E-state index is -0.699. The number of benzene rings is 1. The summed E-state index contributed by atoms with van der Waals surface area (Å²) in [5.41, 5.74) is 11.0. The molecule has 1 aliphatic rings. The normalized spacial score (nSPS) is 18.8. The van der Waals surface area contributed by atoms with Crippen molar-refractivity contribution >= 4 is 39.5 Å². The quantitative estimate of drug-likeness (QED) is 0.328. The Hall–Kier alpha value is -3.65. The first-order chi connectivity index (χ1) is 16.1. The van der Waals surface area contributed by atoms with Gasteiger partial charge in [-0.25, -0.2) is 9.97 Å². The van der Waals surface area contributed by atoms with Crippen LogP contribution < -0.4 is 5.73 Å². The van der Waals surface area contributed by atoms with E-state index >= 15 is 0 Å². The van der Waals surface area contributed by atoms with Crippen LogP contribution >= 0.6 is 11.3 Å². The van der Waals surface area contributed by atoms with Gasteiger partial charge < -0.3 is 15.8 Å². The number of rotatable bonds is 4. The van der Waals surface area contributed by atoms with E-state index in [4.69, 9.17) is 10.7 Å². The van der Waals surface area contributed by atoms with Gasteiger partial charge in [0.1, 0.15) is 22.9 Å². The SMILES string of the molecule is Nc1nccn2c1c(-c1cc3cccc(-c4cccs4)c3[nH]1)nc2[C@H]1CC[C@H](C(=O)O)CC1. The van der Waals surface area contributed by atoms with Crippen LogP contribution in [0.5, 0.6) is 0 Å². The van der Waals surface area contributed by atoms with Crippen LogP contribution in [0.3, 0.4) is 0 Å². The number of imidazole rings is 1. The summed E-state index contributed by atoms with van der Waals surface area (Å²) < 4.78 is 2.04. The molecule has 0 spiro atoms. The summed E-state index contributed by atoms with van der Waals surface area (Å²) in [6, 6.07) is 12.6. The van der Waals surface area contributed by atoms with Crippen molar-refractivity contribution in [3.63, 3.8) is 0 Å². The lowest BCUT2D eigenvalue weighted by Gasteiger charge is -2.25. The molecule has 1 aliphatic carbocycles. The fourth-order valence-corrected chi connectivity index (χ4v) is 5.84. The van der Waals surface area contributed by atoms with Gasteiger partial charge in [0, 0.05) is 34.1 Å². The lowest BCUT2D eigenvalue weighted by Crippen LogP contribution is -2.21. The van der Waals surface area contributed by atoms with E-state index in [0.717, 1.165) is 52.0 Å². The highest BCUT2D eigenvalue weighted by Crippen LogP contribution is 2.40. The van der Waals surface area contributed by atoms with Gasteiger partial charge in [0.25, 0.3) is 0 Å². The summed E-state index contributed by atoms with van der Waals surface area (Å²) in [6.07, 6.45) is 6.53. The number of nitrogens with one attached hydrogen (secondary N) is 1. The monoisotopic (exact) mass is 457 g/mol. The summed E-state index contributed by atoms with van der Waals surface area (Å²) in [7, 11) is 0. The molecule has 1 saturated carbocycles. The number of nitrogens with zero attached hydrogens (tertiary/aromatic N) is 3. The maximum Gasteiger partial charge on any atom is 0.306 e. The van der Waals surface area contributed by atoms with Crippen molar-refractivity contribution in [2.24, 2.45) is 5.92 Å².